The summed E-state index contributed by atoms with van der Waals surface area (Å²) >= 11 is 0. The van der Waals surface area contributed by atoms with Crippen molar-refractivity contribution in [3.8, 4) is 0 Å². The van der Waals surface area contributed by atoms with Crippen LogP contribution >= 0.6 is 0 Å². The van der Waals surface area contributed by atoms with E-state index in [-0.39, 0.29) is 6.08 Å². The first-order valence-corrected chi connectivity index (χ1v) is 2.56. The fourth-order valence-corrected chi connectivity index (χ4v) is 0.398. The van der Waals surface area contributed by atoms with Crippen molar-refractivity contribution in [3.05, 3.63) is 12.4 Å². The van der Waals surface area contributed by atoms with Crippen LogP contribution in [0.25, 0.3) is 6.20 Å². The van der Waals surface area contributed by atoms with E-state index in [0.717, 1.165) is 17.2 Å². The summed E-state index contributed by atoms with van der Waals surface area (Å²) in [5, 5.41) is 9.46. The monoisotopic (exact) mass is 164 g/mol. The number of aromatic nitrogens is 4. The molecule has 0 saturated heterocycles. The van der Waals surface area contributed by atoms with Gasteiger partial charge in [-0.05, 0) is 10.4 Å². The Balaban J connectivity index is 2.63. The zero-order chi connectivity index (χ0) is 8.32. The Hall–Kier alpha value is -1.40. The van der Waals surface area contributed by atoms with Crippen molar-refractivity contribution in [1.82, 2.24) is 20.2 Å². The lowest BCUT2D eigenvalue weighted by Gasteiger charge is -1.95. The molecule has 0 aliphatic heterocycles. The lowest BCUT2D eigenvalue weighted by Crippen LogP contribution is -2.01. The molecule has 0 N–H and O–H groups in total. The van der Waals surface area contributed by atoms with E-state index in [1.807, 2.05) is 0 Å². The highest BCUT2D eigenvalue weighted by molar-refractivity contribution is 5.20. The third-order valence-corrected chi connectivity index (χ3v) is 0.781. The third-order valence-electron chi connectivity index (χ3n) is 0.781. The topological polar surface area (TPSA) is 43.6 Å². The van der Waals surface area contributed by atoms with Crippen LogP contribution in [0.3, 0.4) is 0 Å². The molecule has 0 aliphatic carbocycles. The van der Waals surface area contributed by atoms with Crippen LogP contribution < -0.4 is 0 Å². The van der Waals surface area contributed by atoms with Crippen molar-refractivity contribution in [1.29, 1.82) is 0 Å². The number of hydrogen-bond acceptors (Lipinski definition) is 3. The normalized spacial score (nSPS) is 12.6. The number of nitrogens with zero attached hydrogens (tertiary/aromatic N) is 4. The second-order valence-electron chi connectivity index (χ2n) is 1.65. The van der Waals surface area contributed by atoms with Crippen molar-refractivity contribution >= 4 is 6.20 Å². The van der Waals surface area contributed by atoms with Gasteiger partial charge in [-0.25, -0.2) is 4.68 Å². The van der Waals surface area contributed by atoms with E-state index in [9.17, 15) is 13.2 Å². The molecule has 0 unspecified atom stereocenters. The average molecular weight is 164 g/mol. The minimum atomic E-state index is -4.33. The lowest BCUT2D eigenvalue weighted by molar-refractivity contribution is -0.0792. The van der Waals surface area contributed by atoms with E-state index in [0.29, 0.717) is 0 Å². The van der Waals surface area contributed by atoms with Gasteiger partial charge in [-0.1, -0.05) is 0 Å². The van der Waals surface area contributed by atoms with E-state index in [1.54, 1.807) is 0 Å². The first kappa shape index (κ1) is 7.70. The number of allylic oxidation sites excluding steroid dienone is 1. The Morgan fingerprint density at radius 1 is 1.36 bits per heavy atom. The third kappa shape index (κ3) is 2.78. The second-order valence-corrected chi connectivity index (χ2v) is 1.65. The first-order chi connectivity index (χ1) is 5.08. The van der Waals surface area contributed by atoms with Crippen molar-refractivity contribution < 1.29 is 13.2 Å². The number of alkyl halides is 3. The zero-order valence-electron chi connectivity index (χ0n) is 5.15. The first-order valence-electron chi connectivity index (χ1n) is 2.56. The molecule has 7 heteroatoms. The Labute approximate surface area is 59.3 Å². The van der Waals surface area contributed by atoms with Crippen LogP contribution in [-0.2, 0) is 0 Å². The smallest absolute Gasteiger partial charge is 0.208 e. The highest BCUT2D eigenvalue weighted by atomic mass is 19.4. The summed E-state index contributed by atoms with van der Waals surface area (Å²) in [4.78, 5) is 0. The number of halogens is 3. The van der Waals surface area contributed by atoms with Gasteiger partial charge in [0.25, 0.3) is 0 Å². The lowest BCUT2D eigenvalue weighted by atomic mass is 10.6. The fourth-order valence-electron chi connectivity index (χ4n) is 0.398. The van der Waals surface area contributed by atoms with Gasteiger partial charge >= 0.3 is 6.18 Å². The summed E-state index contributed by atoms with van der Waals surface area (Å²) < 4.78 is 35.3. The number of rotatable bonds is 1. The van der Waals surface area contributed by atoms with E-state index in [1.165, 1.54) is 0 Å². The van der Waals surface area contributed by atoms with Crippen molar-refractivity contribution in [2.45, 2.75) is 6.18 Å². The van der Waals surface area contributed by atoms with Gasteiger partial charge in [0.2, 0.25) is 0 Å². The van der Waals surface area contributed by atoms with E-state index in [4.69, 9.17) is 0 Å². The summed E-state index contributed by atoms with van der Waals surface area (Å²) in [5.41, 5.74) is 0. The summed E-state index contributed by atoms with van der Waals surface area (Å²) in [6, 6.07) is 0. The number of hydrogen-bond donors (Lipinski definition) is 0. The quantitative estimate of drug-likeness (QED) is 0.613. The van der Waals surface area contributed by atoms with Gasteiger partial charge < -0.3 is 0 Å². The van der Waals surface area contributed by atoms with Gasteiger partial charge in [-0.3, -0.25) is 0 Å². The molecule has 1 aromatic heterocycles. The van der Waals surface area contributed by atoms with Crippen LogP contribution in [0.2, 0.25) is 0 Å². The molecule has 4 nitrogen and oxygen atoms in total. The molecule has 0 aromatic carbocycles. The van der Waals surface area contributed by atoms with Crippen LogP contribution in [0.1, 0.15) is 0 Å². The molecule has 1 heterocycles. The molecule has 0 amide bonds. The maximum absolute atomic E-state index is 11.5. The Morgan fingerprint density at radius 2 is 2.09 bits per heavy atom. The van der Waals surface area contributed by atoms with Gasteiger partial charge in [-0.15, -0.1) is 5.10 Å². The Bertz CT molecular complexity index is 236. The molecule has 0 aliphatic rings. The molecular formula is C4H3F3N4. The number of tetrazole rings is 1. The Kier molecular flexibility index (Phi) is 1.88. The van der Waals surface area contributed by atoms with Gasteiger partial charge in [0.05, 0.1) is 0 Å². The standard InChI is InChI=1S/C4H3F3N4/c5-4(6,7)1-2-11-3-8-9-10-11/h1-3H. The predicted molar refractivity (Wildman–Crippen MR) is 29.2 cm³/mol. The average Bonchev–Trinajstić information content (AvgIpc) is 2.32. The second kappa shape index (κ2) is 2.69. The zero-order valence-corrected chi connectivity index (χ0v) is 5.15. The maximum Gasteiger partial charge on any atom is 0.411 e. The molecule has 0 atom stereocenters. The highest BCUT2D eigenvalue weighted by Crippen LogP contribution is 2.15. The van der Waals surface area contributed by atoms with Crippen molar-refractivity contribution in [2.24, 2.45) is 0 Å². The molecule has 0 radical (unpaired) electrons. The molecule has 0 saturated carbocycles. The Morgan fingerprint density at radius 3 is 2.55 bits per heavy atom. The molecule has 0 fully saturated rings. The molecule has 0 spiro atoms. The minimum absolute atomic E-state index is 0.0450. The van der Waals surface area contributed by atoms with Gasteiger partial charge in [0, 0.05) is 12.3 Å². The van der Waals surface area contributed by atoms with E-state index < -0.39 is 6.18 Å². The summed E-state index contributed by atoms with van der Waals surface area (Å²) in [6.45, 7) is 0. The summed E-state index contributed by atoms with van der Waals surface area (Å²) in [5.74, 6) is 0. The van der Waals surface area contributed by atoms with Crippen LogP contribution in [0.5, 0.6) is 0 Å². The largest absolute Gasteiger partial charge is 0.411 e. The van der Waals surface area contributed by atoms with Gasteiger partial charge in [0.15, 0.2) is 0 Å². The maximum atomic E-state index is 11.5. The molecular weight excluding hydrogens is 161 g/mol. The van der Waals surface area contributed by atoms with Gasteiger partial charge in [0.1, 0.15) is 6.33 Å². The molecule has 1 aromatic rings. The van der Waals surface area contributed by atoms with Crippen molar-refractivity contribution in [2.75, 3.05) is 0 Å². The minimum Gasteiger partial charge on any atom is -0.208 e. The molecule has 11 heavy (non-hydrogen) atoms. The molecule has 60 valence electrons. The van der Waals surface area contributed by atoms with E-state index >= 15 is 0 Å². The predicted octanol–water partition coefficient (Wildman–Crippen LogP) is 0.706. The van der Waals surface area contributed by atoms with E-state index in [2.05, 4.69) is 15.5 Å². The highest BCUT2D eigenvalue weighted by Gasteiger charge is 2.21. The summed E-state index contributed by atoms with van der Waals surface area (Å²) in [6.07, 6.45) is -2.50. The van der Waals surface area contributed by atoms with Crippen LogP contribution in [0, 0.1) is 0 Å². The SMILES string of the molecule is FC(F)(F)C=Cn1cnnn1. The molecule has 0 bridgehead atoms. The van der Waals surface area contributed by atoms with Gasteiger partial charge in [-0.2, -0.15) is 13.2 Å². The fraction of sp³-hybridized carbons (Fsp3) is 0.250. The van der Waals surface area contributed by atoms with Crippen molar-refractivity contribution in [3.63, 3.8) is 0 Å². The van der Waals surface area contributed by atoms with Crippen LogP contribution in [-0.4, -0.2) is 26.4 Å². The molecule has 1 rings (SSSR count). The van der Waals surface area contributed by atoms with Crippen LogP contribution in [0.4, 0.5) is 13.2 Å². The summed E-state index contributed by atoms with van der Waals surface area (Å²) in [7, 11) is 0. The van der Waals surface area contributed by atoms with Crippen LogP contribution in [0.15, 0.2) is 12.4 Å².